The van der Waals surface area contributed by atoms with Crippen LogP contribution in [0.1, 0.15) is 38.5 Å². The summed E-state index contributed by atoms with van der Waals surface area (Å²) in [6, 6.07) is -1.82. The van der Waals surface area contributed by atoms with Gasteiger partial charge in [0.1, 0.15) is 6.04 Å². The first-order chi connectivity index (χ1) is 10.7. The number of hydrogen-bond acceptors (Lipinski definition) is 5. The number of hydrogen-bond donors (Lipinski definition) is 7. The van der Waals surface area contributed by atoms with E-state index in [0.717, 1.165) is 0 Å². The Bertz CT molecular complexity index is 435. The quantitative estimate of drug-likeness (QED) is 0.127. The van der Waals surface area contributed by atoms with Crippen LogP contribution in [0.15, 0.2) is 4.99 Å². The van der Waals surface area contributed by atoms with Crippen LogP contribution in [0.3, 0.4) is 0 Å². The monoisotopic (exact) mass is 329 g/mol. The number of unbranched alkanes of at least 4 members (excludes halogenated alkanes) is 1. The Kier molecular flexibility index (Phi) is 10.1. The molecule has 0 saturated heterocycles. The van der Waals surface area contributed by atoms with Crippen LogP contribution in [0.5, 0.6) is 0 Å². The molecule has 0 heterocycles. The minimum Gasteiger partial charge on any atom is -0.480 e. The molecule has 0 bridgehead atoms. The molecule has 0 aliphatic rings. The average molecular weight is 329 g/mol. The summed E-state index contributed by atoms with van der Waals surface area (Å²) in [5, 5.41) is 18.6. The summed E-state index contributed by atoms with van der Waals surface area (Å²) in [4.78, 5) is 26.8. The van der Waals surface area contributed by atoms with E-state index in [1.54, 1.807) is 0 Å². The van der Waals surface area contributed by atoms with Crippen molar-refractivity contribution in [2.24, 2.45) is 27.9 Å². The number of amides is 1. The van der Waals surface area contributed by atoms with Crippen molar-refractivity contribution in [3.63, 3.8) is 0 Å². The Balaban J connectivity index is 4.19. The second kappa shape index (κ2) is 11.2. The predicted octanol–water partition coefficient (Wildman–Crippen LogP) is -1.57. The zero-order valence-corrected chi connectivity index (χ0v) is 13.1. The lowest BCUT2D eigenvalue weighted by Gasteiger charge is -2.17. The Morgan fingerprint density at radius 2 is 1.78 bits per heavy atom. The van der Waals surface area contributed by atoms with E-state index in [9.17, 15) is 9.59 Å². The molecule has 2 atom stereocenters. The van der Waals surface area contributed by atoms with Gasteiger partial charge in [-0.15, -0.1) is 0 Å². The lowest BCUT2D eigenvalue weighted by Crippen LogP contribution is -2.48. The number of carbonyl (C=O) groups is 2. The van der Waals surface area contributed by atoms with Gasteiger partial charge in [-0.1, -0.05) is 6.42 Å². The zero-order chi connectivity index (χ0) is 17.8. The molecule has 0 rings (SSSR count). The molecule has 10 nitrogen and oxygen atoms in total. The molecule has 0 unspecified atom stereocenters. The van der Waals surface area contributed by atoms with Crippen LogP contribution in [-0.2, 0) is 9.59 Å². The van der Waals surface area contributed by atoms with Gasteiger partial charge in [0.05, 0.1) is 11.9 Å². The van der Waals surface area contributed by atoms with Gasteiger partial charge in [-0.25, -0.2) is 4.79 Å². The summed E-state index contributed by atoms with van der Waals surface area (Å²) >= 11 is 0. The fourth-order valence-corrected chi connectivity index (χ4v) is 1.85. The van der Waals surface area contributed by atoms with Crippen molar-refractivity contribution in [2.45, 2.75) is 50.6 Å². The van der Waals surface area contributed by atoms with E-state index < -0.39 is 24.0 Å². The topological polar surface area (TPSA) is 207 Å². The minimum atomic E-state index is -1.12. The smallest absolute Gasteiger partial charge is 0.326 e. The fourth-order valence-electron chi connectivity index (χ4n) is 1.85. The predicted molar refractivity (Wildman–Crippen MR) is 87.8 cm³/mol. The fraction of sp³-hybridized carbons (Fsp3) is 0.692. The first kappa shape index (κ1) is 20.6. The molecule has 11 N–H and O–H groups in total. The van der Waals surface area contributed by atoms with Crippen molar-refractivity contribution >= 4 is 23.7 Å². The van der Waals surface area contributed by atoms with Crippen molar-refractivity contribution in [3.8, 4) is 0 Å². The van der Waals surface area contributed by atoms with E-state index in [1.807, 2.05) is 0 Å². The first-order valence-corrected chi connectivity index (χ1v) is 7.41. The number of nitrogens with two attached hydrogens (primary N) is 4. The highest BCUT2D eigenvalue weighted by Gasteiger charge is 2.22. The number of amidine groups is 1. The highest BCUT2D eigenvalue weighted by atomic mass is 16.4. The summed E-state index contributed by atoms with van der Waals surface area (Å²) < 4.78 is 0. The summed E-state index contributed by atoms with van der Waals surface area (Å²) in [6.07, 6.45) is 2.66. The molecule has 132 valence electrons. The third-order valence-corrected chi connectivity index (χ3v) is 3.11. The van der Waals surface area contributed by atoms with Crippen molar-refractivity contribution in [2.75, 3.05) is 6.54 Å². The maximum atomic E-state index is 11.9. The van der Waals surface area contributed by atoms with Gasteiger partial charge in [-0.3, -0.25) is 15.2 Å². The third-order valence-electron chi connectivity index (χ3n) is 3.11. The first-order valence-electron chi connectivity index (χ1n) is 7.41. The maximum Gasteiger partial charge on any atom is 0.326 e. The zero-order valence-electron chi connectivity index (χ0n) is 13.1. The normalized spacial score (nSPS) is 12.9. The number of aliphatic imine (C=N–C) groups is 1. The van der Waals surface area contributed by atoms with Gasteiger partial charge in [-0.05, 0) is 25.7 Å². The van der Waals surface area contributed by atoms with E-state index in [2.05, 4.69) is 10.3 Å². The largest absolute Gasteiger partial charge is 0.480 e. The second-order valence-electron chi connectivity index (χ2n) is 5.23. The minimum absolute atomic E-state index is 0.0282. The van der Waals surface area contributed by atoms with Gasteiger partial charge in [0.15, 0.2) is 5.96 Å². The van der Waals surface area contributed by atoms with Crippen LogP contribution in [0.4, 0.5) is 0 Å². The molecule has 0 aromatic carbocycles. The van der Waals surface area contributed by atoms with Crippen molar-refractivity contribution < 1.29 is 14.7 Å². The summed E-state index contributed by atoms with van der Waals surface area (Å²) in [5.74, 6) is -1.61. The van der Waals surface area contributed by atoms with Gasteiger partial charge in [0.2, 0.25) is 5.91 Å². The summed E-state index contributed by atoms with van der Waals surface area (Å²) in [5.41, 5.74) is 21.3. The number of nitrogens with one attached hydrogen (secondary N) is 2. The van der Waals surface area contributed by atoms with Crippen molar-refractivity contribution in [1.82, 2.24) is 5.32 Å². The van der Waals surface area contributed by atoms with E-state index in [1.165, 1.54) is 0 Å². The molecule has 0 aromatic rings. The number of carbonyl (C=O) groups excluding carboxylic acids is 1. The number of guanidine groups is 1. The van der Waals surface area contributed by atoms with Crippen LogP contribution < -0.4 is 28.3 Å². The molecule has 23 heavy (non-hydrogen) atoms. The van der Waals surface area contributed by atoms with Crippen LogP contribution >= 0.6 is 0 Å². The summed E-state index contributed by atoms with van der Waals surface area (Å²) in [6.45, 7) is 0.358. The number of rotatable bonds is 12. The molecular formula is C13H27N7O3. The number of nitrogens with zero attached hydrogens (tertiary/aromatic N) is 1. The Hall–Kier alpha value is -2.36. The average Bonchev–Trinajstić information content (AvgIpc) is 2.45. The highest BCUT2D eigenvalue weighted by Crippen LogP contribution is 2.05. The summed E-state index contributed by atoms with van der Waals surface area (Å²) in [7, 11) is 0. The van der Waals surface area contributed by atoms with Gasteiger partial charge >= 0.3 is 5.97 Å². The van der Waals surface area contributed by atoms with Gasteiger partial charge in [0, 0.05) is 13.0 Å². The van der Waals surface area contributed by atoms with Crippen LogP contribution in [0, 0.1) is 5.41 Å². The van der Waals surface area contributed by atoms with Crippen LogP contribution in [0.25, 0.3) is 0 Å². The lowest BCUT2D eigenvalue weighted by atomic mass is 10.1. The SMILES string of the molecule is N=C(N)CCCC[C@H](NC(=O)[C@@H](N)CCCN=C(N)N)C(=O)O. The van der Waals surface area contributed by atoms with Gasteiger partial charge in [0.25, 0.3) is 0 Å². The molecule has 10 heteroatoms. The van der Waals surface area contributed by atoms with Gasteiger partial charge < -0.3 is 33.4 Å². The number of aliphatic carboxylic acids is 1. The molecule has 0 saturated carbocycles. The van der Waals surface area contributed by atoms with E-state index in [4.69, 9.17) is 33.5 Å². The molecule has 0 fully saturated rings. The van der Waals surface area contributed by atoms with Crippen LogP contribution in [0.2, 0.25) is 0 Å². The van der Waals surface area contributed by atoms with E-state index >= 15 is 0 Å². The number of carboxylic acids is 1. The maximum absolute atomic E-state index is 11.9. The Labute approximate surface area is 135 Å². The molecule has 0 aromatic heterocycles. The highest BCUT2D eigenvalue weighted by molar-refractivity contribution is 5.86. The van der Waals surface area contributed by atoms with Crippen molar-refractivity contribution in [1.29, 1.82) is 5.41 Å². The third kappa shape index (κ3) is 10.9. The molecule has 0 radical (unpaired) electrons. The molecule has 0 spiro atoms. The standard InChI is InChI=1S/C13H27N7O3/c14-8(4-3-7-19-13(17)18)11(21)20-9(12(22)23)5-1-2-6-10(15)16/h8-9H,1-7,14H2,(H3,15,16)(H,20,21)(H,22,23)(H4,17,18,19)/t8-,9-/m0/s1. The van der Waals surface area contributed by atoms with Gasteiger partial charge in [-0.2, -0.15) is 0 Å². The molecule has 0 aliphatic heterocycles. The molecule has 0 aliphatic carbocycles. The molecular weight excluding hydrogens is 302 g/mol. The van der Waals surface area contributed by atoms with E-state index in [-0.39, 0.29) is 18.2 Å². The Morgan fingerprint density at radius 3 is 2.30 bits per heavy atom. The number of carboxylic acid groups (broad SMARTS) is 1. The second-order valence-corrected chi connectivity index (χ2v) is 5.23. The Morgan fingerprint density at radius 1 is 1.13 bits per heavy atom. The van der Waals surface area contributed by atoms with E-state index in [0.29, 0.717) is 38.6 Å². The van der Waals surface area contributed by atoms with Crippen molar-refractivity contribution in [3.05, 3.63) is 0 Å². The van der Waals surface area contributed by atoms with Crippen LogP contribution in [-0.4, -0.2) is 47.4 Å². The lowest BCUT2D eigenvalue weighted by molar-refractivity contribution is -0.142. The molecule has 1 amide bonds.